The Kier molecular flexibility index (Phi) is 2.86. The molecule has 0 unspecified atom stereocenters. The lowest BCUT2D eigenvalue weighted by atomic mass is 10.1. The van der Waals surface area contributed by atoms with Crippen LogP contribution >= 0.6 is 0 Å². The summed E-state index contributed by atoms with van der Waals surface area (Å²) in [5.41, 5.74) is 8.77. The van der Waals surface area contributed by atoms with Crippen LogP contribution in [0.3, 0.4) is 0 Å². The van der Waals surface area contributed by atoms with Crippen molar-refractivity contribution >= 4 is 5.69 Å². The number of aromatic nitrogens is 4. The molecule has 0 atom stereocenters. The summed E-state index contributed by atoms with van der Waals surface area (Å²) in [6.07, 6.45) is 6.73. The van der Waals surface area contributed by atoms with Crippen molar-refractivity contribution in [2.75, 3.05) is 5.73 Å². The van der Waals surface area contributed by atoms with E-state index >= 15 is 0 Å². The van der Waals surface area contributed by atoms with Gasteiger partial charge in [0.25, 0.3) is 0 Å². The molecular weight excluding hydrogens is 238 g/mol. The van der Waals surface area contributed by atoms with Gasteiger partial charge in [-0.1, -0.05) is 6.07 Å². The number of hydrogen-bond acceptors (Lipinski definition) is 5. The predicted octanol–water partition coefficient (Wildman–Crippen LogP) is 2.18. The van der Waals surface area contributed by atoms with Crippen molar-refractivity contribution in [3.8, 4) is 22.8 Å². The van der Waals surface area contributed by atoms with E-state index < -0.39 is 0 Å². The molecule has 3 aromatic rings. The van der Waals surface area contributed by atoms with Gasteiger partial charge in [-0.15, -0.1) is 0 Å². The first kappa shape index (κ1) is 11.3. The van der Waals surface area contributed by atoms with Gasteiger partial charge >= 0.3 is 0 Å². The molecule has 3 aromatic heterocycles. The largest absolute Gasteiger partial charge is 0.398 e. The molecule has 0 fully saturated rings. The second-order valence-corrected chi connectivity index (χ2v) is 3.91. The summed E-state index contributed by atoms with van der Waals surface area (Å²) in [5, 5.41) is 0. The molecular formula is C14H11N5. The van der Waals surface area contributed by atoms with Crippen molar-refractivity contribution in [3.63, 3.8) is 0 Å². The first-order chi connectivity index (χ1) is 9.36. The van der Waals surface area contributed by atoms with Gasteiger partial charge in [0.1, 0.15) is 5.69 Å². The average molecular weight is 249 g/mol. The molecule has 92 valence electrons. The van der Waals surface area contributed by atoms with Crippen LogP contribution in [0.2, 0.25) is 0 Å². The van der Waals surface area contributed by atoms with Crippen molar-refractivity contribution < 1.29 is 0 Å². The monoisotopic (exact) mass is 249 g/mol. The van der Waals surface area contributed by atoms with E-state index in [2.05, 4.69) is 19.9 Å². The Bertz CT molecular complexity index is 683. The van der Waals surface area contributed by atoms with E-state index in [1.165, 1.54) is 0 Å². The molecule has 19 heavy (non-hydrogen) atoms. The van der Waals surface area contributed by atoms with Crippen LogP contribution in [0.1, 0.15) is 0 Å². The van der Waals surface area contributed by atoms with Gasteiger partial charge in [0.05, 0.1) is 11.3 Å². The van der Waals surface area contributed by atoms with Crippen LogP contribution in [-0.4, -0.2) is 19.9 Å². The van der Waals surface area contributed by atoms with Gasteiger partial charge in [-0.2, -0.15) is 0 Å². The normalized spacial score (nSPS) is 10.3. The molecule has 0 aliphatic heterocycles. The standard InChI is InChI=1S/C14H11N5/c15-10-5-9-17-13(11-4-1-2-6-16-11)12(10)14-18-7-3-8-19-14/h1-9H,(H2,15,17). The SMILES string of the molecule is Nc1ccnc(-c2ccccn2)c1-c1ncccn1. The third-order valence-electron chi connectivity index (χ3n) is 2.68. The average Bonchev–Trinajstić information content (AvgIpc) is 2.49. The summed E-state index contributed by atoms with van der Waals surface area (Å²) in [6, 6.07) is 9.14. The van der Waals surface area contributed by atoms with Gasteiger partial charge in [-0.05, 0) is 24.3 Å². The van der Waals surface area contributed by atoms with Crippen LogP contribution in [0.15, 0.2) is 55.1 Å². The summed E-state index contributed by atoms with van der Waals surface area (Å²) in [5.74, 6) is 0.550. The minimum absolute atomic E-state index is 0.550. The highest BCUT2D eigenvalue weighted by Gasteiger charge is 2.14. The molecule has 0 spiro atoms. The van der Waals surface area contributed by atoms with Crippen LogP contribution in [0.25, 0.3) is 22.8 Å². The fraction of sp³-hybridized carbons (Fsp3) is 0. The van der Waals surface area contributed by atoms with Crippen LogP contribution in [-0.2, 0) is 0 Å². The van der Waals surface area contributed by atoms with Crippen molar-refractivity contribution in [3.05, 3.63) is 55.1 Å². The van der Waals surface area contributed by atoms with E-state index in [0.717, 1.165) is 5.69 Å². The number of pyridine rings is 2. The first-order valence-electron chi connectivity index (χ1n) is 5.79. The van der Waals surface area contributed by atoms with Gasteiger partial charge in [0.2, 0.25) is 0 Å². The molecule has 0 bridgehead atoms. The second-order valence-electron chi connectivity index (χ2n) is 3.91. The molecule has 5 heteroatoms. The minimum atomic E-state index is 0.550. The minimum Gasteiger partial charge on any atom is -0.398 e. The zero-order valence-electron chi connectivity index (χ0n) is 10.1. The maximum atomic E-state index is 6.04. The summed E-state index contributed by atoms with van der Waals surface area (Å²) in [6.45, 7) is 0. The molecule has 2 N–H and O–H groups in total. The van der Waals surface area contributed by atoms with Crippen LogP contribution in [0.4, 0.5) is 5.69 Å². The van der Waals surface area contributed by atoms with E-state index in [9.17, 15) is 0 Å². The summed E-state index contributed by atoms with van der Waals surface area (Å²) in [7, 11) is 0. The fourth-order valence-corrected chi connectivity index (χ4v) is 1.84. The van der Waals surface area contributed by atoms with Crippen molar-refractivity contribution in [1.82, 2.24) is 19.9 Å². The number of nitrogens with two attached hydrogens (primary N) is 1. The Hall–Kier alpha value is -2.82. The number of hydrogen-bond donors (Lipinski definition) is 1. The maximum absolute atomic E-state index is 6.04. The van der Waals surface area contributed by atoms with Crippen LogP contribution in [0, 0.1) is 0 Å². The highest BCUT2D eigenvalue weighted by molar-refractivity contribution is 5.84. The Balaban J connectivity index is 2.25. The maximum Gasteiger partial charge on any atom is 0.163 e. The number of rotatable bonds is 2. The molecule has 0 saturated carbocycles. The molecule has 0 saturated heterocycles. The van der Waals surface area contributed by atoms with Gasteiger partial charge < -0.3 is 5.73 Å². The second kappa shape index (κ2) is 4.81. The zero-order chi connectivity index (χ0) is 13.1. The molecule has 3 rings (SSSR count). The molecule has 0 radical (unpaired) electrons. The van der Waals surface area contributed by atoms with Gasteiger partial charge in [-0.25, -0.2) is 9.97 Å². The van der Waals surface area contributed by atoms with E-state index in [0.29, 0.717) is 22.8 Å². The Morgan fingerprint density at radius 1 is 0.737 bits per heavy atom. The Morgan fingerprint density at radius 3 is 2.26 bits per heavy atom. The third-order valence-corrected chi connectivity index (χ3v) is 2.68. The van der Waals surface area contributed by atoms with E-state index in [1.807, 2.05) is 18.2 Å². The molecule has 5 nitrogen and oxygen atoms in total. The number of anilines is 1. The third kappa shape index (κ3) is 2.13. The van der Waals surface area contributed by atoms with E-state index in [1.54, 1.807) is 36.9 Å². The first-order valence-corrected chi connectivity index (χ1v) is 5.79. The Morgan fingerprint density at radius 2 is 1.53 bits per heavy atom. The van der Waals surface area contributed by atoms with Gasteiger partial charge in [-0.3, -0.25) is 9.97 Å². The smallest absolute Gasteiger partial charge is 0.163 e. The quantitative estimate of drug-likeness (QED) is 0.753. The number of nitrogen functional groups attached to an aromatic ring is 1. The molecule has 0 aliphatic carbocycles. The summed E-state index contributed by atoms with van der Waals surface area (Å²) >= 11 is 0. The lowest BCUT2D eigenvalue weighted by molar-refractivity contribution is 1.16. The summed E-state index contributed by atoms with van der Waals surface area (Å²) < 4.78 is 0. The molecule has 0 aromatic carbocycles. The molecule has 3 heterocycles. The van der Waals surface area contributed by atoms with E-state index in [4.69, 9.17) is 5.73 Å². The lowest BCUT2D eigenvalue weighted by Gasteiger charge is -2.09. The lowest BCUT2D eigenvalue weighted by Crippen LogP contribution is -1.99. The highest BCUT2D eigenvalue weighted by atomic mass is 14.9. The van der Waals surface area contributed by atoms with Crippen molar-refractivity contribution in [2.45, 2.75) is 0 Å². The van der Waals surface area contributed by atoms with Crippen molar-refractivity contribution in [2.24, 2.45) is 0 Å². The highest BCUT2D eigenvalue weighted by Crippen LogP contribution is 2.31. The number of nitrogens with zero attached hydrogens (tertiary/aromatic N) is 4. The topological polar surface area (TPSA) is 77.6 Å². The molecule has 0 amide bonds. The fourth-order valence-electron chi connectivity index (χ4n) is 1.84. The van der Waals surface area contributed by atoms with Crippen LogP contribution < -0.4 is 5.73 Å². The zero-order valence-corrected chi connectivity index (χ0v) is 10.1. The summed E-state index contributed by atoms with van der Waals surface area (Å²) in [4.78, 5) is 17.1. The Labute approximate surface area is 110 Å². The van der Waals surface area contributed by atoms with Crippen LogP contribution in [0.5, 0.6) is 0 Å². The van der Waals surface area contributed by atoms with Gasteiger partial charge in [0, 0.05) is 30.5 Å². The van der Waals surface area contributed by atoms with Crippen molar-refractivity contribution in [1.29, 1.82) is 0 Å². The van der Waals surface area contributed by atoms with Gasteiger partial charge in [0.15, 0.2) is 5.82 Å². The molecule has 0 aliphatic rings. The van der Waals surface area contributed by atoms with E-state index in [-0.39, 0.29) is 0 Å². The predicted molar refractivity (Wildman–Crippen MR) is 72.9 cm³/mol.